The van der Waals surface area contributed by atoms with Crippen molar-refractivity contribution < 1.29 is 4.79 Å². The van der Waals surface area contributed by atoms with E-state index in [2.05, 4.69) is 48.3 Å². The number of nitrogens with zero attached hydrogens (tertiary/aromatic N) is 2. The molecule has 0 atom stereocenters. The number of hydrogen-bond acceptors (Lipinski definition) is 1. The van der Waals surface area contributed by atoms with Crippen molar-refractivity contribution in [3.05, 3.63) is 35.5 Å². The first kappa shape index (κ1) is 14.0. The highest BCUT2D eigenvalue weighted by Crippen LogP contribution is 2.24. The summed E-state index contributed by atoms with van der Waals surface area (Å²) >= 11 is 0. The third kappa shape index (κ3) is 2.75. The van der Waals surface area contributed by atoms with Crippen molar-refractivity contribution in [2.75, 3.05) is 19.6 Å². The van der Waals surface area contributed by atoms with Gasteiger partial charge in [0, 0.05) is 43.8 Å². The molecule has 1 aromatic heterocycles. The highest BCUT2D eigenvalue weighted by molar-refractivity contribution is 5.87. The molecule has 1 aliphatic heterocycles. The number of hydrogen-bond donors (Lipinski definition) is 1. The molecule has 1 saturated heterocycles. The Balaban J connectivity index is 1.67. The van der Waals surface area contributed by atoms with E-state index in [1.165, 1.54) is 22.0 Å². The molecule has 1 aliphatic rings. The normalized spacial score (nSPS) is 14.9. The van der Waals surface area contributed by atoms with Crippen LogP contribution in [0.1, 0.15) is 24.0 Å². The first-order valence-corrected chi connectivity index (χ1v) is 7.73. The lowest BCUT2D eigenvalue weighted by molar-refractivity contribution is 0.209. The SMILES string of the molecule is Cc1cccc2c1c(CCNC(=O)N1CCCC1)cn2C. The molecule has 3 rings (SSSR count). The average Bonchev–Trinajstić information content (AvgIpc) is 3.09. The largest absolute Gasteiger partial charge is 0.350 e. The summed E-state index contributed by atoms with van der Waals surface area (Å²) in [7, 11) is 2.08. The Morgan fingerprint density at radius 1 is 1.29 bits per heavy atom. The molecule has 1 N–H and O–H groups in total. The second-order valence-electron chi connectivity index (χ2n) is 5.91. The zero-order valence-corrected chi connectivity index (χ0v) is 12.9. The summed E-state index contributed by atoms with van der Waals surface area (Å²) in [6, 6.07) is 6.48. The van der Waals surface area contributed by atoms with E-state index < -0.39 is 0 Å². The second-order valence-corrected chi connectivity index (χ2v) is 5.91. The molecule has 0 radical (unpaired) electrons. The van der Waals surface area contributed by atoms with E-state index in [1.807, 2.05) is 4.90 Å². The molecule has 4 heteroatoms. The van der Waals surface area contributed by atoms with E-state index >= 15 is 0 Å². The maximum absolute atomic E-state index is 12.0. The highest BCUT2D eigenvalue weighted by Gasteiger charge is 2.17. The molecule has 0 aliphatic carbocycles. The lowest BCUT2D eigenvalue weighted by Crippen LogP contribution is -2.38. The van der Waals surface area contributed by atoms with Gasteiger partial charge in [-0.2, -0.15) is 0 Å². The number of fused-ring (bicyclic) bond motifs is 1. The van der Waals surface area contributed by atoms with Crippen molar-refractivity contribution in [3.63, 3.8) is 0 Å². The Kier molecular flexibility index (Phi) is 3.86. The van der Waals surface area contributed by atoms with Crippen LogP contribution in [0.2, 0.25) is 0 Å². The molecule has 112 valence electrons. The Morgan fingerprint density at radius 2 is 2.05 bits per heavy atom. The highest BCUT2D eigenvalue weighted by atomic mass is 16.2. The van der Waals surface area contributed by atoms with E-state index in [9.17, 15) is 4.79 Å². The summed E-state index contributed by atoms with van der Waals surface area (Å²) in [5.74, 6) is 0. The molecule has 4 nitrogen and oxygen atoms in total. The van der Waals surface area contributed by atoms with Crippen LogP contribution in [0.3, 0.4) is 0 Å². The second kappa shape index (κ2) is 5.80. The molecule has 2 aromatic rings. The molecule has 0 unspecified atom stereocenters. The Labute approximate surface area is 125 Å². The number of benzene rings is 1. The average molecular weight is 285 g/mol. The van der Waals surface area contributed by atoms with Crippen molar-refractivity contribution in [2.45, 2.75) is 26.2 Å². The Hall–Kier alpha value is -1.97. The van der Waals surface area contributed by atoms with Crippen LogP contribution in [0.4, 0.5) is 4.79 Å². The van der Waals surface area contributed by atoms with Crippen molar-refractivity contribution in [1.82, 2.24) is 14.8 Å². The van der Waals surface area contributed by atoms with Crippen LogP contribution in [-0.2, 0) is 13.5 Å². The van der Waals surface area contributed by atoms with E-state index in [4.69, 9.17) is 0 Å². The van der Waals surface area contributed by atoms with Crippen LogP contribution in [0, 0.1) is 6.92 Å². The smallest absolute Gasteiger partial charge is 0.317 e. The first-order valence-electron chi connectivity index (χ1n) is 7.73. The number of nitrogens with one attached hydrogen (secondary N) is 1. The Morgan fingerprint density at radius 3 is 2.81 bits per heavy atom. The number of carbonyl (C=O) groups excluding carboxylic acids is 1. The van der Waals surface area contributed by atoms with Gasteiger partial charge in [0.05, 0.1) is 0 Å². The number of likely N-dealkylation sites (tertiary alicyclic amines) is 1. The van der Waals surface area contributed by atoms with Gasteiger partial charge < -0.3 is 14.8 Å². The predicted octanol–water partition coefficient (Wildman–Crippen LogP) is 2.83. The maximum Gasteiger partial charge on any atom is 0.317 e. The molecule has 2 amide bonds. The van der Waals surface area contributed by atoms with Gasteiger partial charge >= 0.3 is 6.03 Å². The van der Waals surface area contributed by atoms with Crippen molar-refractivity contribution in [2.24, 2.45) is 7.05 Å². The van der Waals surface area contributed by atoms with Gasteiger partial charge in [0.2, 0.25) is 0 Å². The standard InChI is InChI=1S/C17H23N3O/c1-13-6-5-7-15-16(13)14(12-19(15)2)8-9-18-17(21)20-10-3-4-11-20/h5-7,12H,3-4,8-11H2,1-2H3,(H,18,21). The van der Waals surface area contributed by atoms with Crippen LogP contribution >= 0.6 is 0 Å². The minimum absolute atomic E-state index is 0.0875. The fraction of sp³-hybridized carbons (Fsp3) is 0.471. The minimum atomic E-state index is 0.0875. The van der Waals surface area contributed by atoms with Gasteiger partial charge in [-0.1, -0.05) is 12.1 Å². The maximum atomic E-state index is 12.0. The van der Waals surface area contributed by atoms with Crippen LogP contribution in [0.25, 0.3) is 10.9 Å². The topological polar surface area (TPSA) is 37.3 Å². The van der Waals surface area contributed by atoms with E-state index in [1.54, 1.807) is 0 Å². The fourth-order valence-electron chi connectivity index (χ4n) is 3.26. The van der Waals surface area contributed by atoms with Crippen LogP contribution in [-0.4, -0.2) is 35.1 Å². The third-order valence-electron chi connectivity index (χ3n) is 4.37. The first-order chi connectivity index (χ1) is 10.2. The molecule has 0 spiro atoms. The quantitative estimate of drug-likeness (QED) is 0.925. The number of amides is 2. The number of carbonyl (C=O) groups is 1. The van der Waals surface area contributed by atoms with Gasteiger partial charge in [-0.25, -0.2) is 4.79 Å². The van der Waals surface area contributed by atoms with Gasteiger partial charge in [0.25, 0.3) is 0 Å². The predicted molar refractivity (Wildman–Crippen MR) is 85.6 cm³/mol. The Bertz CT molecular complexity index is 653. The van der Waals surface area contributed by atoms with Crippen molar-refractivity contribution >= 4 is 16.9 Å². The van der Waals surface area contributed by atoms with Gasteiger partial charge in [0.1, 0.15) is 0 Å². The zero-order valence-electron chi connectivity index (χ0n) is 12.9. The molecular weight excluding hydrogens is 262 g/mol. The molecule has 1 aromatic carbocycles. The van der Waals surface area contributed by atoms with Gasteiger partial charge in [-0.15, -0.1) is 0 Å². The van der Waals surface area contributed by atoms with E-state index in [0.29, 0.717) is 6.54 Å². The summed E-state index contributed by atoms with van der Waals surface area (Å²) in [5, 5.41) is 4.37. The van der Waals surface area contributed by atoms with E-state index in [0.717, 1.165) is 32.4 Å². The number of rotatable bonds is 3. The zero-order chi connectivity index (χ0) is 14.8. The van der Waals surface area contributed by atoms with Gasteiger partial charge in [0.15, 0.2) is 0 Å². The minimum Gasteiger partial charge on any atom is -0.350 e. The summed E-state index contributed by atoms with van der Waals surface area (Å²) in [6.45, 7) is 4.65. The van der Waals surface area contributed by atoms with Crippen LogP contribution in [0.15, 0.2) is 24.4 Å². The number of urea groups is 1. The molecular formula is C17H23N3O. The van der Waals surface area contributed by atoms with Gasteiger partial charge in [-0.3, -0.25) is 0 Å². The van der Waals surface area contributed by atoms with Crippen molar-refractivity contribution in [1.29, 1.82) is 0 Å². The molecule has 0 bridgehead atoms. The lowest BCUT2D eigenvalue weighted by Gasteiger charge is -2.16. The molecule has 2 heterocycles. The molecule has 21 heavy (non-hydrogen) atoms. The number of aryl methyl sites for hydroxylation is 2. The summed E-state index contributed by atoms with van der Waals surface area (Å²) < 4.78 is 2.17. The fourth-order valence-corrected chi connectivity index (χ4v) is 3.26. The van der Waals surface area contributed by atoms with Crippen LogP contribution < -0.4 is 5.32 Å². The van der Waals surface area contributed by atoms with E-state index in [-0.39, 0.29) is 6.03 Å². The summed E-state index contributed by atoms with van der Waals surface area (Å²) in [4.78, 5) is 13.9. The molecule has 0 saturated carbocycles. The van der Waals surface area contributed by atoms with Crippen molar-refractivity contribution in [3.8, 4) is 0 Å². The third-order valence-corrected chi connectivity index (χ3v) is 4.37. The molecule has 1 fully saturated rings. The summed E-state index contributed by atoms with van der Waals surface area (Å²) in [6.07, 6.45) is 5.33. The number of aromatic nitrogens is 1. The van der Waals surface area contributed by atoms with Crippen LogP contribution in [0.5, 0.6) is 0 Å². The summed E-state index contributed by atoms with van der Waals surface area (Å²) in [5.41, 5.74) is 3.87. The van der Waals surface area contributed by atoms with Gasteiger partial charge in [-0.05, 0) is 43.4 Å². The lowest BCUT2D eigenvalue weighted by atomic mass is 10.1. The monoisotopic (exact) mass is 285 g/mol.